The van der Waals surface area contributed by atoms with E-state index < -0.39 is 0 Å². The summed E-state index contributed by atoms with van der Waals surface area (Å²) in [6, 6.07) is 1.87. The van der Waals surface area contributed by atoms with Gasteiger partial charge in [-0.25, -0.2) is 4.98 Å². The van der Waals surface area contributed by atoms with E-state index in [2.05, 4.69) is 22.2 Å². The minimum atomic E-state index is -0.0397. The number of nitrogens with zero attached hydrogens (tertiary/aromatic N) is 2. The fourth-order valence-electron chi connectivity index (χ4n) is 3.11. The average Bonchev–Trinajstić information content (AvgIpc) is 2.38. The lowest BCUT2D eigenvalue weighted by Crippen LogP contribution is -2.49. The summed E-state index contributed by atoms with van der Waals surface area (Å²) in [5.41, 5.74) is 6.01. The number of aromatic nitrogens is 2. The molecule has 1 fully saturated rings. The van der Waals surface area contributed by atoms with Crippen molar-refractivity contribution in [2.24, 2.45) is 11.7 Å². The lowest BCUT2D eigenvalue weighted by atomic mass is 9.76. The Labute approximate surface area is 121 Å². The summed E-state index contributed by atoms with van der Waals surface area (Å²) in [6.45, 7) is 7.36. The van der Waals surface area contributed by atoms with Crippen LogP contribution in [0.2, 0.25) is 0 Å². The van der Waals surface area contributed by atoms with Crippen molar-refractivity contribution in [2.45, 2.75) is 52.0 Å². The summed E-state index contributed by atoms with van der Waals surface area (Å²) in [4.78, 5) is 8.75. The van der Waals surface area contributed by atoms with Gasteiger partial charge in [0.15, 0.2) is 0 Å². The quantitative estimate of drug-likeness (QED) is 0.865. The zero-order valence-electron chi connectivity index (χ0n) is 12.8. The Hall–Kier alpha value is -1.36. The Kier molecular flexibility index (Phi) is 4.81. The number of rotatable bonds is 5. The van der Waals surface area contributed by atoms with E-state index in [-0.39, 0.29) is 5.54 Å². The van der Waals surface area contributed by atoms with Crippen LogP contribution >= 0.6 is 0 Å². The highest BCUT2D eigenvalue weighted by atomic mass is 16.5. The van der Waals surface area contributed by atoms with Crippen molar-refractivity contribution in [3.63, 3.8) is 0 Å². The van der Waals surface area contributed by atoms with E-state index in [0.29, 0.717) is 24.9 Å². The van der Waals surface area contributed by atoms with Gasteiger partial charge in [0.05, 0.1) is 12.1 Å². The standard InChI is InChI=1S/C15H26N4O/c1-4-20-14-8-13(17-12(3)18-14)19-15(10-16)7-5-6-11(2)9-15/h8,11H,4-7,9-10,16H2,1-3H3,(H,17,18,19). The molecule has 5 heteroatoms. The molecule has 20 heavy (non-hydrogen) atoms. The highest BCUT2D eigenvalue weighted by Gasteiger charge is 2.34. The maximum absolute atomic E-state index is 6.05. The van der Waals surface area contributed by atoms with Gasteiger partial charge in [-0.05, 0) is 32.6 Å². The number of hydrogen-bond donors (Lipinski definition) is 2. The van der Waals surface area contributed by atoms with Gasteiger partial charge in [-0.2, -0.15) is 4.98 Å². The van der Waals surface area contributed by atoms with Crippen LogP contribution in [0.1, 0.15) is 45.4 Å². The van der Waals surface area contributed by atoms with Crippen molar-refractivity contribution in [2.75, 3.05) is 18.5 Å². The van der Waals surface area contributed by atoms with Crippen LogP contribution < -0.4 is 15.8 Å². The molecule has 5 nitrogen and oxygen atoms in total. The summed E-state index contributed by atoms with van der Waals surface area (Å²) in [6.07, 6.45) is 4.70. The fraction of sp³-hybridized carbons (Fsp3) is 0.733. The molecule has 2 unspecified atom stereocenters. The van der Waals surface area contributed by atoms with E-state index in [0.717, 1.165) is 24.5 Å². The van der Waals surface area contributed by atoms with E-state index in [4.69, 9.17) is 10.5 Å². The van der Waals surface area contributed by atoms with Gasteiger partial charge in [-0.1, -0.05) is 19.8 Å². The van der Waals surface area contributed by atoms with Crippen LogP contribution in [0.3, 0.4) is 0 Å². The number of nitrogens with two attached hydrogens (primary N) is 1. The van der Waals surface area contributed by atoms with Crippen molar-refractivity contribution in [1.29, 1.82) is 0 Å². The van der Waals surface area contributed by atoms with Gasteiger partial charge in [-0.3, -0.25) is 0 Å². The van der Waals surface area contributed by atoms with Crippen molar-refractivity contribution < 1.29 is 4.74 Å². The van der Waals surface area contributed by atoms with Crippen molar-refractivity contribution in [1.82, 2.24) is 9.97 Å². The maximum Gasteiger partial charge on any atom is 0.218 e. The zero-order chi connectivity index (χ0) is 14.6. The van der Waals surface area contributed by atoms with Gasteiger partial charge >= 0.3 is 0 Å². The molecule has 1 saturated carbocycles. The van der Waals surface area contributed by atoms with E-state index in [1.807, 2.05) is 19.9 Å². The Balaban J connectivity index is 2.18. The lowest BCUT2D eigenvalue weighted by molar-refractivity contribution is 0.263. The van der Waals surface area contributed by atoms with Crippen LogP contribution in [-0.2, 0) is 0 Å². The molecule has 1 heterocycles. The number of aryl methyl sites for hydroxylation is 1. The molecule has 0 radical (unpaired) electrons. The van der Waals surface area contributed by atoms with E-state index in [1.165, 1.54) is 12.8 Å². The second-order valence-corrected chi connectivity index (χ2v) is 5.88. The summed E-state index contributed by atoms with van der Waals surface area (Å²) in [5.74, 6) is 2.86. The Bertz CT molecular complexity index is 451. The van der Waals surface area contributed by atoms with E-state index in [1.54, 1.807) is 0 Å². The molecule has 0 saturated heterocycles. The fourth-order valence-corrected chi connectivity index (χ4v) is 3.11. The Morgan fingerprint density at radius 2 is 2.30 bits per heavy atom. The third kappa shape index (κ3) is 3.60. The molecule has 0 aromatic carbocycles. The average molecular weight is 278 g/mol. The molecule has 1 aromatic rings. The Morgan fingerprint density at radius 3 is 2.95 bits per heavy atom. The highest BCUT2D eigenvalue weighted by Crippen LogP contribution is 2.34. The molecule has 112 valence electrons. The first kappa shape index (κ1) is 15.0. The molecular weight excluding hydrogens is 252 g/mol. The van der Waals surface area contributed by atoms with Crippen LogP contribution in [0.5, 0.6) is 5.88 Å². The summed E-state index contributed by atoms with van der Waals surface area (Å²) < 4.78 is 5.48. The van der Waals surface area contributed by atoms with Crippen LogP contribution in [0, 0.1) is 12.8 Å². The maximum atomic E-state index is 6.05. The van der Waals surface area contributed by atoms with Gasteiger partial charge < -0.3 is 15.8 Å². The molecule has 0 bridgehead atoms. The van der Waals surface area contributed by atoms with Crippen LogP contribution in [0.25, 0.3) is 0 Å². The monoisotopic (exact) mass is 278 g/mol. The lowest BCUT2D eigenvalue weighted by Gasteiger charge is -2.40. The smallest absolute Gasteiger partial charge is 0.218 e. The minimum absolute atomic E-state index is 0.0397. The predicted octanol–water partition coefficient (Wildman–Crippen LogP) is 2.50. The molecule has 1 aliphatic rings. The van der Waals surface area contributed by atoms with Gasteiger partial charge in [0, 0.05) is 12.6 Å². The third-order valence-corrected chi connectivity index (χ3v) is 3.98. The molecule has 1 aliphatic carbocycles. The topological polar surface area (TPSA) is 73.1 Å². The summed E-state index contributed by atoms with van der Waals surface area (Å²) in [7, 11) is 0. The number of ether oxygens (including phenoxy) is 1. The van der Waals surface area contributed by atoms with Gasteiger partial charge in [-0.15, -0.1) is 0 Å². The number of hydrogen-bond acceptors (Lipinski definition) is 5. The molecule has 3 N–H and O–H groups in total. The van der Waals surface area contributed by atoms with Gasteiger partial charge in [0.2, 0.25) is 5.88 Å². The van der Waals surface area contributed by atoms with Gasteiger partial charge in [0.25, 0.3) is 0 Å². The SMILES string of the molecule is CCOc1cc(NC2(CN)CCCC(C)C2)nc(C)n1. The van der Waals surface area contributed by atoms with Crippen molar-refractivity contribution in [3.05, 3.63) is 11.9 Å². The Morgan fingerprint density at radius 1 is 1.50 bits per heavy atom. The molecule has 0 spiro atoms. The number of anilines is 1. The highest BCUT2D eigenvalue weighted by molar-refractivity contribution is 5.41. The van der Waals surface area contributed by atoms with E-state index >= 15 is 0 Å². The second-order valence-electron chi connectivity index (χ2n) is 5.88. The third-order valence-electron chi connectivity index (χ3n) is 3.98. The van der Waals surface area contributed by atoms with Crippen molar-refractivity contribution in [3.8, 4) is 5.88 Å². The first-order valence-electron chi connectivity index (χ1n) is 7.53. The summed E-state index contributed by atoms with van der Waals surface area (Å²) >= 11 is 0. The van der Waals surface area contributed by atoms with Gasteiger partial charge in [0.1, 0.15) is 11.6 Å². The summed E-state index contributed by atoms with van der Waals surface area (Å²) in [5, 5.41) is 3.56. The van der Waals surface area contributed by atoms with E-state index in [9.17, 15) is 0 Å². The zero-order valence-corrected chi connectivity index (χ0v) is 12.8. The molecule has 2 rings (SSSR count). The first-order valence-corrected chi connectivity index (χ1v) is 7.53. The van der Waals surface area contributed by atoms with Crippen molar-refractivity contribution >= 4 is 5.82 Å². The molecule has 1 aromatic heterocycles. The minimum Gasteiger partial charge on any atom is -0.478 e. The van der Waals surface area contributed by atoms with Crippen LogP contribution in [0.4, 0.5) is 5.82 Å². The molecule has 0 amide bonds. The normalized spacial score (nSPS) is 26.3. The second kappa shape index (κ2) is 6.39. The molecule has 0 aliphatic heterocycles. The molecular formula is C15H26N4O. The first-order chi connectivity index (χ1) is 9.57. The van der Waals surface area contributed by atoms with Crippen LogP contribution in [-0.4, -0.2) is 28.7 Å². The molecule has 2 atom stereocenters. The van der Waals surface area contributed by atoms with Crippen LogP contribution in [0.15, 0.2) is 6.07 Å². The number of nitrogens with one attached hydrogen (secondary N) is 1. The largest absolute Gasteiger partial charge is 0.478 e. The predicted molar refractivity (Wildman–Crippen MR) is 81.0 cm³/mol.